The number of nitrogens with zero attached hydrogens (tertiary/aromatic N) is 3. The largest absolute Gasteiger partial charge is 0.490 e. The highest BCUT2D eigenvalue weighted by Gasteiger charge is 2.18. The van der Waals surface area contributed by atoms with Gasteiger partial charge in [-0.1, -0.05) is 12.1 Å². The van der Waals surface area contributed by atoms with Gasteiger partial charge >= 0.3 is 0 Å². The number of ether oxygens (including phenoxy) is 1. The lowest BCUT2D eigenvalue weighted by Crippen LogP contribution is -2.32. The van der Waals surface area contributed by atoms with Crippen molar-refractivity contribution in [2.75, 3.05) is 18.1 Å². The molecule has 0 amide bonds. The van der Waals surface area contributed by atoms with Crippen molar-refractivity contribution in [3.05, 3.63) is 41.7 Å². The highest BCUT2D eigenvalue weighted by molar-refractivity contribution is 5.59. The molecule has 18 heavy (non-hydrogen) atoms. The summed E-state index contributed by atoms with van der Waals surface area (Å²) in [6, 6.07) is 8.20. The van der Waals surface area contributed by atoms with Crippen LogP contribution in [0.1, 0.15) is 11.3 Å². The number of hydrogen-bond acceptors (Lipinski definition) is 3. The maximum absolute atomic E-state index is 5.66. The van der Waals surface area contributed by atoms with Crippen LogP contribution in [0.4, 0.5) is 5.69 Å². The van der Waals surface area contributed by atoms with E-state index in [2.05, 4.69) is 35.3 Å². The third-order valence-corrected chi connectivity index (χ3v) is 3.30. The molecular weight excluding hydrogens is 226 g/mol. The van der Waals surface area contributed by atoms with Crippen molar-refractivity contribution in [3.63, 3.8) is 0 Å². The van der Waals surface area contributed by atoms with Crippen LogP contribution in [-0.4, -0.2) is 22.9 Å². The Kier molecular flexibility index (Phi) is 2.70. The van der Waals surface area contributed by atoms with E-state index in [9.17, 15) is 0 Å². The lowest BCUT2D eigenvalue weighted by atomic mass is 10.2. The first-order valence-corrected chi connectivity index (χ1v) is 6.20. The predicted molar refractivity (Wildman–Crippen MR) is 70.9 cm³/mol. The number of rotatable bonds is 2. The molecule has 0 saturated carbocycles. The Morgan fingerprint density at radius 3 is 2.94 bits per heavy atom. The highest BCUT2D eigenvalue weighted by atomic mass is 16.5. The quantitative estimate of drug-likeness (QED) is 0.809. The molecule has 0 saturated heterocycles. The van der Waals surface area contributed by atoms with Gasteiger partial charge in [0.05, 0.1) is 17.9 Å². The van der Waals surface area contributed by atoms with E-state index in [0.29, 0.717) is 0 Å². The van der Waals surface area contributed by atoms with Crippen LogP contribution in [0.3, 0.4) is 0 Å². The van der Waals surface area contributed by atoms with Crippen molar-refractivity contribution in [2.24, 2.45) is 7.05 Å². The van der Waals surface area contributed by atoms with Gasteiger partial charge in [0.1, 0.15) is 12.4 Å². The monoisotopic (exact) mass is 243 g/mol. The van der Waals surface area contributed by atoms with Gasteiger partial charge in [-0.15, -0.1) is 0 Å². The van der Waals surface area contributed by atoms with Gasteiger partial charge in [-0.2, -0.15) is 5.10 Å². The van der Waals surface area contributed by atoms with Crippen LogP contribution in [0.2, 0.25) is 0 Å². The van der Waals surface area contributed by atoms with Gasteiger partial charge in [-0.25, -0.2) is 0 Å². The first-order chi connectivity index (χ1) is 8.74. The molecule has 0 unspecified atom stereocenters. The molecule has 4 heteroatoms. The summed E-state index contributed by atoms with van der Waals surface area (Å²) in [5, 5.41) is 4.39. The molecule has 0 spiro atoms. The summed E-state index contributed by atoms with van der Waals surface area (Å²) in [6.07, 6.45) is 2.09. The second kappa shape index (κ2) is 4.37. The average Bonchev–Trinajstić information content (AvgIpc) is 2.68. The fraction of sp³-hybridized carbons (Fsp3) is 0.357. The van der Waals surface area contributed by atoms with Gasteiger partial charge in [0.2, 0.25) is 0 Å². The molecule has 1 aliphatic heterocycles. The zero-order valence-electron chi connectivity index (χ0n) is 10.8. The summed E-state index contributed by atoms with van der Waals surface area (Å²) in [7, 11) is 1.96. The van der Waals surface area contributed by atoms with Gasteiger partial charge < -0.3 is 9.64 Å². The summed E-state index contributed by atoms with van der Waals surface area (Å²) in [4.78, 5) is 2.35. The third kappa shape index (κ3) is 1.94. The lowest BCUT2D eigenvalue weighted by Gasteiger charge is -2.31. The number of aromatic nitrogens is 2. The molecule has 1 aliphatic rings. The summed E-state index contributed by atoms with van der Waals surface area (Å²) < 4.78 is 7.54. The first-order valence-electron chi connectivity index (χ1n) is 6.20. The Balaban J connectivity index is 1.88. The fourth-order valence-electron chi connectivity index (χ4n) is 2.40. The maximum atomic E-state index is 5.66. The fourth-order valence-corrected chi connectivity index (χ4v) is 2.40. The van der Waals surface area contributed by atoms with Crippen LogP contribution in [0.5, 0.6) is 5.75 Å². The molecule has 4 nitrogen and oxygen atoms in total. The Labute approximate surface area is 107 Å². The Bertz CT molecular complexity index is 562. The van der Waals surface area contributed by atoms with E-state index < -0.39 is 0 Å². The topological polar surface area (TPSA) is 30.3 Å². The van der Waals surface area contributed by atoms with Crippen molar-refractivity contribution in [3.8, 4) is 5.75 Å². The van der Waals surface area contributed by atoms with E-state index in [1.54, 1.807) is 0 Å². The van der Waals surface area contributed by atoms with Gasteiger partial charge in [-0.05, 0) is 19.1 Å². The molecule has 2 heterocycles. The SMILES string of the molecule is Cc1nn(C)cc1CN1CCOc2ccccc21. The Morgan fingerprint density at radius 2 is 2.17 bits per heavy atom. The minimum absolute atomic E-state index is 0.746. The van der Waals surface area contributed by atoms with Crippen LogP contribution in [0.15, 0.2) is 30.5 Å². The van der Waals surface area contributed by atoms with Crippen molar-refractivity contribution in [1.29, 1.82) is 0 Å². The number of fused-ring (bicyclic) bond motifs is 1. The number of aryl methyl sites for hydroxylation is 2. The van der Waals surface area contributed by atoms with Crippen molar-refractivity contribution < 1.29 is 4.74 Å². The summed E-state index contributed by atoms with van der Waals surface area (Å²) in [5.41, 5.74) is 3.54. The first kappa shape index (κ1) is 11.1. The van der Waals surface area contributed by atoms with Gasteiger partial charge in [-0.3, -0.25) is 4.68 Å². The van der Waals surface area contributed by atoms with E-state index in [0.717, 1.165) is 31.1 Å². The van der Waals surface area contributed by atoms with Gasteiger partial charge in [0.15, 0.2) is 0 Å². The molecule has 0 aliphatic carbocycles. The lowest BCUT2D eigenvalue weighted by molar-refractivity contribution is 0.307. The number of anilines is 1. The molecule has 2 aromatic rings. The van der Waals surface area contributed by atoms with Crippen LogP contribution >= 0.6 is 0 Å². The number of hydrogen-bond donors (Lipinski definition) is 0. The minimum Gasteiger partial charge on any atom is -0.490 e. The van der Waals surface area contributed by atoms with Crippen LogP contribution < -0.4 is 9.64 Å². The molecule has 1 aromatic carbocycles. The Morgan fingerprint density at radius 1 is 1.33 bits per heavy atom. The smallest absolute Gasteiger partial charge is 0.142 e. The average molecular weight is 243 g/mol. The van der Waals surface area contributed by atoms with Crippen molar-refractivity contribution >= 4 is 5.69 Å². The van der Waals surface area contributed by atoms with Crippen LogP contribution in [-0.2, 0) is 13.6 Å². The van der Waals surface area contributed by atoms with E-state index in [1.165, 1.54) is 11.3 Å². The van der Waals surface area contributed by atoms with Crippen molar-refractivity contribution in [1.82, 2.24) is 9.78 Å². The normalized spacial score (nSPS) is 14.2. The zero-order chi connectivity index (χ0) is 12.5. The molecule has 0 atom stereocenters. The second-order valence-electron chi connectivity index (χ2n) is 4.65. The molecule has 1 aromatic heterocycles. The molecule has 0 radical (unpaired) electrons. The molecule has 94 valence electrons. The standard InChI is InChI=1S/C14H17N3O/c1-11-12(9-16(2)15-11)10-17-7-8-18-14-6-4-3-5-13(14)17/h3-6,9H,7-8,10H2,1-2H3. The summed E-state index contributed by atoms with van der Waals surface area (Å²) >= 11 is 0. The van der Waals surface area contributed by atoms with E-state index in [4.69, 9.17) is 4.74 Å². The molecule has 0 bridgehead atoms. The molecule has 0 fully saturated rings. The predicted octanol–water partition coefficient (Wildman–Crippen LogP) is 2.13. The Hall–Kier alpha value is -1.97. The van der Waals surface area contributed by atoms with Crippen molar-refractivity contribution in [2.45, 2.75) is 13.5 Å². The molecule has 0 N–H and O–H groups in total. The van der Waals surface area contributed by atoms with Gasteiger partial charge in [0, 0.05) is 25.4 Å². The number of benzene rings is 1. The van der Waals surface area contributed by atoms with E-state index in [-0.39, 0.29) is 0 Å². The van der Waals surface area contributed by atoms with E-state index in [1.807, 2.05) is 23.9 Å². The highest BCUT2D eigenvalue weighted by Crippen LogP contribution is 2.32. The third-order valence-electron chi connectivity index (χ3n) is 3.30. The second-order valence-corrected chi connectivity index (χ2v) is 4.65. The molecule has 3 rings (SSSR count). The summed E-state index contributed by atoms with van der Waals surface area (Å²) in [6.45, 7) is 4.61. The molecular formula is C14H17N3O. The van der Waals surface area contributed by atoms with Crippen LogP contribution in [0, 0.1) is 6.92 Å². The minimum atomic E-state index is 0.746. The van der Waals surface area contributed by atoms with Gasteiger partial charge in [0.25, 0.3) is 0 Å². The van der Waals surface area contributed by atoms with Crippen LogP contribution in [0.25, 0.3) is 0 Å². The summed E-state index contributed by atoms with van der Waals surface area (Å²) in [5.74, 6) is 0.977. The number of para-hydroxylation sites is 2. The maximum Gasteiger partial charge on any atom is 0.142 e. The zero-order valence-corrected chi connectivity index (χ0v) is 10.8. The van der Waals surface area contributed by atoms with E-state index >= 15 is 0 Å².